The van der Waals surface area contributed by atoms with Crippen molar-refractivity contribution in [3.05, 3.63) is 107 Å². The molecule has 5 nitrogen and oxygen atoms in total. The van der Waals surface area contributed by atoms with Crippen molar-refractivity contribution in [3.8, 4) is 0 Å². The molecule has 0 saturated heterocycles. The van der Waals surface area contributed by atoms with E-state index in [4.69, 9.17) is 0 Å². The van der Waals surface area contributed by atoms with Crippen molar-refractivity contribution in [1.29, 1.82) is 0 Å². The van der Waals surface area contributed by atoms with Gasteiger partial charge < -0.3 is 14.8 Å². The van der Waals surface area contributed by atoms with Crippen LogP contribution in [0.4, 0.5) is 4.39 Å². The SMILES string of the molecule is CCCCN(CC(=O)N(CCc1c[nH]c2ccccc12)Cc1ccc(C)cc1)C(=O)c1ccccc1F. The first-order valence-corrected chi connectivity index (χ1v) is 12.9. The number of H-pyrrole nitrogens is 1. The first-order chi connectivity index (χ1) is 18.0. The molecule has 1 N–H and O–H groups in total. The van der Waals surface area contributed by atoms with Crippen LogP contribution >= 0.6 is 0 Å². The number of aromatic amines is 1. The average Bonchev–Trinajstić information content (AvgIpc) is 3.33. The van der Waals surface area contributed by atoms with Gasteiger partial charge in [-0.25, -0.2) is 4.39 Å². The molecule has 0 fully saturated rings. The van der Waals surface area contributed by atoms with Gasteiger partial charge in [-0.15, -0.1) is 0 Å². The molecular weight excluding hydrogens is 465 g/mol. The number of nitrogens with one attached hydrogen (secondary N) is 1. The molecule has 1 heterocycles. The van der Waals surface area contributed by atoms with Crippen LogP contribution in [0.15, 0.2) is 79.0 Å². The number of fused-ring (bicyclic) bond motifs is 1. The molecule has 3 aromatic carbocycles. The third kappa shape index (κ3) is 6.64. The predicted molar refractivity (Wildman–Crippen MR) is 146 cm³/mol. The summed E-state index contributed by atoms with van der Waals surface area (Å²) in [4.78, 5) is 33.5. The Balaban J connectivity index is 1.55. The second kappa shape index (κ2) is 12.3. The Morgan fingerprint density at radius 2 is 1.62 bits per heavy atom. The lowest BCUT2D eigenvalue weighted by atomic mass is 10.1. The molecule has 0 aliphatic carbocycles. The summed E-state index contributed by atoms with van der Waals surface area (Å²) in [7, 11) is 0. The second-order valence-electron chi connectivity index (χ2n) is 9.47. The van der Waals surface area contributed by atoms with Crippen LogP contribution in [0.5, 0.6) is 0 Å². The van der Waals surface area contributed by atoms with E-state index in [1.807, 2.05) is 62.5 Å². The summed E-state index contributed by atoms with van der Waals surface area (Å²) in [5, 5.41) is 1.14. The zero-order valence-corrected chi connectivity index (χ0v) is 21.5. The highest BCUT2D eigenvalue weighted by molar-refractivity contribution is 5.96. The van der Waals surface area contributed by atoms with E-state index >= 15 is 0 Å². The van der Waals surface area contributed by atoms with E-state index < -0.39 is 11.7 Å². The molecule has 37 heavy (non-hydrogen) atoms. The van der Waals surface area contributed by atoms with Crippen LogP contribution in [0.1, 0.15) is 46.8 Å². The van der Waals surface area contributed by atoms with E-state index in [2.05, 4.69) is 11.1 Å². The van der Waals surface area contributed by atoms with Crippen LogP contribution in [0.3, 0.4) is 0 Å². The highest BCUT2D eigenvalue weighted by Crippen LogP contribution is 2.19. The number of rotatable bonds is 11. The van der Waals surface area contributed by atoms with Crippen LogP contribution < -0.4 is 0 Å². The Labute approximate surface area is 217 Å². The molecule has 1 aromatic heterocycles. The largest absolute Gasteiger partial charge is 0.361 e. The number of aryl methyl sites for hydroxylation is 1. The Bertz CT molecular complexity index is 1350. The number of benzene rings is 3. The third-order valence-electron chi connectivity index (χ3n) is 6.67. The summed E-state index contributed by atoms with van der Waals surface area (Å²) in [6.07, 6.45) is 4.27. The molecule has 4 rings (SSSR count). The van der Waals surface area contributed by atoms with Crippen molar-refractivity contribution in [1.82, 2.24) is 14.8 Å². The summed E-state index contributed by atoms with van der Waals surface area (Å²) in [5.41, 5.74) is 4.38. The molecule has 2 amide bonds. The van der Waals surface area contributed by atoms with Gasteiger partial charge in [0.15, 0.2) is 0 Å². The number of halogens is 1. The lowest BCUT2D eigenvalue weighted by Crippen LogP contribution is -2.44. The summed E-state index contributed by atoms with van der Waals surface area (Å²) in [5.74, 6) is -1.18. The quantitative estimate of drug-likeness (QED) is 0.270. The fourth-order valence-electron chi connectivity index (χ4n) is 4.47. The minimum Gasteiger partial charge on any atom is -0.361 e. The van der Waals surface area contributed by atoms with E-state index in [1.165, 1.54) is 17.0 Å². The van der Waals surface area contributed by atoms with E-state index in [0.717, 1.165) is 40.4 Å². The molecule has 0 atom stereocenters. The highest BCUT2D eigenvalue weighted by atomic mass is 19.1. The third-order valence-corrected chi connectivity index (χ3v) is 6.67. The second-order valence-corrected chi connectivity index (χ2v) is 9.47. The van der Waals surface area contributed by atoms with Gasteiger partial charge in [-0.3, -0.25) is 9.59 Å². The van der Waals surface area contributed by atoms with Gasteiger partial charge in [0.1, 0.15) is 12.4 Å². The van der Waals surface area contributed by atoms with E-state index in [1.54, 1.807) is 17.0 Å². The average molecular weight is 500 g/mol. The molecule has 0 aliphatic rings. The van der Waals surface area contributed by atoms with Crippen LogP contribution in [0.2, 0.25) is 0 Å². The Morgan fingerprint density at radius 3 is 2.38 bits per heavy atom. The van der Waals surface area contributed by atoms with E-state index in [9.17, 15) is 14.0 Å². The van der Waals surface area contributed by atoms with Gasteiger partial charge in [-0.05, 0) is 49.1 Å². The number of nitrogens with zero attached hydrogens (tertiary/aromatic N) is 2. The number of hydrogen-bond donors (Lipinski definition) is 1. The number of amides is 2. The van der Waals surface area contributed by atoms with Gasteiger partial charge in [0, 0.05) is 36.7 Å². The monoisotopic (exact) mass is 499 g/mol. The lowest BCUT2D eigenvalue weighted by Gasteiger charge is -2.28. The number of para-hydroxylation sites is 1. The van der Waals surface area contributed by atoms with Gasteiger partial charge in [0.25, 0.3) is 5.91 Å². The standard InChI is InChI=1S/C31H34FN3O2/c1-3-4-18-35(31(37)27-10-5-7-11-28(27)32)22-30(36)34(21-24-15-13-23(2)14-16-24)19-17-25-20-33-29-12-8-6-9-26(25)29/h5-16,20,33H,3-4,17-19,21-22H2,1-2H3. The number of carbonyl (C=O) groups is 2. The van der Waals surface area contributed by atoms with Gasteiger partial charge in [0.2, 0.25) is 5.91 Å². The smallest absolute Gasteiger partial charge is 0.257 e. The molecule has 0 spiro atoms. The highest BCUT2D eigenvalue weighted by Gasteiger charge is 2.24. The summed E-state index contributed by atoms with van der Waals surface area (Å²) < 4.78 is 14.4. The van der Waals surface area contributed by atoms with Gasteiger partial charge in [0.05, 0.1) is 5.56 Å². The maximum Gasteiger partial charge on any atom is 0.257 e. The molecule has 4 aromatic rings. The van der Waals surface area contributed by atoms with Crippen LogP contribution in [0, 0.1) is 12.7 Å². The van der Waals surface area contributed by atoms with Crippen molar-refractivity contribution in [2.24, 2.45) is 0 Å². The fourth-order valence-corrected chi connectivity index (χ4v) is 4.47. The molecular formula is C31H34FN3O2. The zero-order valence-electron chi connectivity index (χ0n) is 21.5. The first-order valence-electron chi connectivity index (χ1n) is 12.9. The van der Waals surface area contributed by atoms with E-state index in [0.29, 0.717) is 26.1 Å². The fraction of sp³-hybridized carbons (Fsp3) is 0.290. The Morgan fingerprint density at radius 1 is 0.892 bits per heavy atom. The van der Waals surface area contributed by atoms with Crippen molar-refractivity contribution >= 4 is 22.7 Å². The molecule has 0 aliphatic heterocycles. The molecule has 0 unspecified atom stereocenters. The Hall–Kier alpha value is -3.93. The summed E-state index contributed by atoms with van der Waals surface area (Å²) in [6.45, 7) is 5.31. The van der Waals surface area contributed by atoms with Gasteiger partial charge >= 0.3 is 0 Å². The normalized spacial score (nSPS) is 11.0. The maximum atomic E-state index is 14.4. The topological polar surface area (TPSA) is 56.4 Å². The zero-order chi connectivity index (χ0) is 26.2. The number of hydrogen-bond acceptors (Lipinski definition) is 2. The first kappa shape index (κ1) is 26.1. The van der Waals surface area contributed by atoms with Crippen LogP contribution in [-0.4, -0.2) is 46.2 Å². The molecule has 6 heteroatoms. The minimum atomic E-state index is -0.572. The number of unbranched alkanes of at least 4 members (excludes halogenated alkanes) is 1. The number of aromatic nitrogens is 1. The maximum absolute atomic E-state index is 14.4. The Kier molecular flexibility index (Phi) is 8.72. The van der Waals surface area contributed by atoms with Gasteiger partial charge in [-0.2, -0.15) is 0 Å². The van der Waals surface area contributed by atoms with Crippen molar-refractivity contribution in [3.63, 3.8) is 0 Å². The summed E-state index contributed by atoms with van der Waals surface area (Å²) in [6, 6.07) is 22.2. The molecule has 0 bridgehead atoms. The molecule has 192 valence electrons. The minimum absolute atomic E-state index is 0.00437. The summed E-state index contributed by atoms with van der Waals surface area (Å²) >= 11 is 0. The van der Waals surface area contributed by atoms with Crippen molar-refractivity contribution in [2.75, 3.05) is 19.6 Å². The van der Waals surface area contributed by atoms with Crippen LogP contribution in [0.25, 0.3) is 10.9 Å². The van der Waals surface area contributed by atoms with Crippen molar-refractivity contribution in [2.45, 2.75) is 39.7 Å². The molecule has 0 radical (unpaired) electrons. The number of carbonyl (C=O) groups excluding carboxylic acids is 2. The lowest BCUT2D eigenvalue weighted by molar-refractivity contribution is -0.132. The van der Waals surface area contributed by atoms with E-state index in [-0.39, 0.29) is 18.0 Å². The predicted octanol–water partition coefficient (Wildman–Crippen LogP) is 6.13. The van der Waals surface area contributed by atoms with Crippen LogP contribution in [-0.2, 0) is 17.8 Å². The van der Waals surface area contributed by atoms with Gasteiger partial charge in [-0.1, -0.05) is 73.5 Å². The van der Waals surface area contributed by atoms with Crippen molar-refractivity contribution < 1.29 is 14.0 Å². The molecule has 0 saturated carbocycles.